The van der Waals surface area contributed by atoms with E-state index in [-0.39, 0.29) is 12.8 Å². The Morgan fingerprint density at radius 3 is 2.52 bits per heavy atom. The average molecular weight is 304 g/mol. The smallest absolute Gasteiger partial charge is 0.391 e. The summed E-state index contributed by atoms with van der Waals surface area (Å²) in [5, 5.41) is 3.06. The Balaban J connectivity index is 2.15. The van der Waals surface area contributed by atoms with Gasteiger partial charge in [0.25, 0.3) is 0 Å². The first-order chi connectivity index (χ1) is 9.97. The van der Waals surface area contributed by atoms with Gasteiger partial charge in [0.15, 0.2) is 11.6 Å². The SMILES string of the molecule is CCNc1ncnc(N2CCC(C(F)(F)F)CC2)c1OC. The van der Waals surface area contributed by atoms with Crippen LogP contribution in [-0.4, -0.2) is 42.9 Å². The van der Waals surface area contributed by atoms with Crippen LogP contribution in [0, 0.1) is 5.92 Å². The number of hydrogen-bond donors (Lipinski definition) is 1. The molecule has 118 valence electrons. The molecule has 0 saturated carbocycles. The van der Waals surface area contributed by atoms with E-state index in [1.54, 1.807) is 0 Å². The van der Waals surface area contributed by atoms with Crippen LogP contribution in [0.1, 0.15) is 19.8 Å². The van der Waals surface area contributed by atoms with Crippen LogP contribution in [0.2, 0.25) is 0 Å². The maximum atomic E-state index is 12.7. The van der Waals surface area contributed by atoms with Crippen LogP contribution in [0.15, 0.2) is 6.33 Å². The molecular formula is C13H19F3N4O. The normalized spacial score (nSPS) is 16.9. The Bertz CT molecular complexity index is 473. The van der Waals surface area contributed by atoms with Crippen molar-refractivity contribution in [2.45, 2.75) is 25.9 Å². The second-order valence-corrected chi connectivity index (χ2v) is 4.91. The number of nitrogens with zero attached hydrogens (tertiary/aromatic N) is 3. The van der Waals surface area contributed by atoms with E-state index in [2.05, 4.69) is 15.3 Å². The van der Waals surface area contributed by atoms with Gasteiger partial charge in [-0.05, 0) is 19.8 Å². The lowest BCUT2D eigenvalue weighted by Crippen LogP contribution is -2.39. The topological polar surface area (TPSA) is 50.3 Å². The fourth-order valence-electron chi connectivity index (χ4n) is 2.49. The maximum Gasteiger partial charge on any atom is 0.391 e. The van der Waals surface area contributed by atoms with Gasteiger partial charge in [-0.2, -0.15) is 13.2 Å². The number of aromatic nitrogens is 2. The molecule has 1 aromatic rings. The van der Waals surface area contributed by atoms with Crippen molar-refractivity contribution in [2.75, 3.05) is 37.0 Å². The summed E-state index contributed by atoms with van der Waals surface area (Å²) >= 11 is 0. The van der Waals surface area contributed by atoms with Crippen LogP contribution in [0.4, 0.5) is 24.8 Å². The highest BCUT2D eigenvalue weighted by Gasteiger charge is 2.41. The predicted octanol–water partition coefficient (Wildman–Crippen LogP) is 2.70. The first-order valence-corrected chi connectivity index (χ1v) is 6.91. The zero-order valence-electron chi connectivity index (χ0n) is 12.1. The van der Waals surface area contributed by atoms with Gasteiger partial charge in [0.05, 0.1) is 13.0 Å². The molecule has 1 aromatic heterocycles. The minimum Gasteiger partial charge on any atom is -0.490 e. The molecule has 2 heterocycles. The molecule has 0 atom stereocenters. The summed E-state index contributed by atoms with van der Waals surface area (Å²) < 4.78 is 43.4. The lowest BCUT2D eigenvalue weighted by Gasteiger charge is -2.34. The Hall–Kier alpha value is -1.73. The third kappa shape index (κ3) is 3.48. The van der Waals surface area contributed by atoms with Crippen LogP contribution in [0.3, 0.4) is 0 Å². The van der Waals surface area contributed by atoms with Gasteiger partial charge < -0.3 is 15.0 Å². The van der Waals surface area contributed by atoms with Gasteiger partial charge in [-0.3, -0.25) is 0 Å². The molecule has 21 heavy (non-hydrogen) atoms. The highest BCUT2D eigenvalue weighted by Crippen LogP contribution is 2.38. The lowest BCUT2D eigenvalue weighted by molar-refractivity contribution is -0.179. The van der Waals surface area contributed by atoms with Crippen LogP contribution >= 0.6 is 0 Å². The van der Waals surface area contributed by atoms with Crippen LogP contribution in [0.5, 0.6) is 5.75 Å². The van der Waals surface area contributed by atoms with E-state index in [9.17, 15) is 13.2 Å². The minimum absolute atomic E-state index is 0.0766. The van der Waals surface area contributed by atoms with Crippen LogP contribution < -0.4 is 15.0 Å². The quantitative estimate of drug-likeness (QED) is 0.927. The third-order valence-corrected chi connectivity index (χ3v) is 3.59. The number of piperidine rings is 1. The van der Waals surface area contributed by atoms with Crippen LogP contribution in [0.25, 0.3) is 0 Å². The molecule has 8 heteroatoms. The Kier molecular flexibility index (Phi) is 4.74. The van der Waals surface area contributed by atoms with Crippen molar-refractivity contribution in [2.24, 2.45) is 5.92 Å². The van der Waals surface area contributed by atoms with Crippen molar-refractivity contribution < 1.29 is 17.9 Å². The number of nitrogens with one attached hydrogen (secondary N) is 1. The molecule has 1 aliphatic heterocycles. The summed E-state index contributed by atoms with van der Waals surface area (Å²) in [5.41, 5.74) is 0. The van der Waals surface area contributed by atoms with Crippen molar-refractivity contribution in [1.29, 1.82) is 0 Å². The fourth-order valence-corrected chi connectivity index (χ4v) is 2.49. The summed E-state index contributed by atoms with van der Waals surface area (Å²) in [6, 6.07) is 0. The number of hydrogen-bond acceptors (Lipinski definition) is 5. The van der Waals surface area contributed by atoms with Gasteiger partial charge in [-0.15, -0.1) is 0 Å². The van der Waals surface area contributed by atoms with Gasteiger partial charge >= 0.3 is 6.18 Å². The Morgan fingerprint density at radius 2 is 2.00 bits per heavy atom. The first kappa shape index (κ1) is 15.7. The molecule has 0 bridgehead atoms. The number of methoxy groups -OCH3 is 1. The largest absolute Gasteiger partial charge is 0.490 e. The molecule has 0 spiro atoms. The molecule has 1 aliphatic rings. The maximum absolute atomic E-state index is 12.7. The van der Waals surface area contributed by atoms with E-state index in [0.29, 0.717) is 37.0 Å². The Morgan fingerprint density at radius 1 is 1.33 bits per heavy atom. The molecule has 1 saturated heterocycles. The summed E-state index contributed by atoms with van der Waals surface area (Å²) in [5.74, 6) is 0.353. The lowest BCUT2D eigenvalue weighted by atomic mass is 9.96. The van der Waals surface area contributed by atoms with E-state index < -0.39 is 12.1 Å². The van der Waals surface area contributed by atoms with E-state index >= 15 is 0 Å². The molecular weight excluding hydrogens is 285 g/mol. The molecule has 0 amide bonds. The standard InChI is InChI=1S/C13H19F3N4O/c1-3-17-11-10(21-2)12(19-8-18-11)20-6-4-9(5-7-20)13(14,15)16/h8-9H,3-7H2,1-2H3,(H,17,18,19). The average Bonchev–Trinajstić information content (AvgIpc) is 2.46. The van der Waals surface area contributed by atoms with Gasteiger partial charge in [0.2, 0.25) is 5.75 Å². The summed E-state index contributed by atoms with van der Waals surface area (Å²) in [6.45, 7) is 3.21. The van der Waals surface area contributed by atoms with Crippen molar-refractivity contribution >= 4 is 11.6 Å². The van der Waals surface area contributed by atoms with Crippen molar-refractivity contribution in [3.05, 3.63) is 6.33 Å². The molecule has 0 aromatic carbocycles. The highest BCUT2D eigenvalue weighted by molar-refractivity contribution is 5.64. The fraction of sp³-hybridized carbons (Fsp3) is 0.692. The van der Waals surface area contributed by atoms with Gasteiger partial charge in [-0.1, -0.05) is 0 Å². The highest BCUT2D eigenvalue weighted by atomic mass is 19.4. The van der Waals surface area contributed by atoms with Crippen molar-refractivity contribution in [3.8, 4) is 5.75 Å². The number of alkyl halides is 3. The summed E-state index contributed by atoms with van der Waals surface area (Å²) in [7, 11) is 1.51. The molecule has 0 unspecified atom stereocenters. The number of anilines is 2. The second-order valence-electron chi connectivity index (χ2n) is 4.91. The molecule has 1 fully saturated rings. The Labute approximate surface area is 121 Å². The second kappa shape index (κ2) is 6.36. The van der Waals surface area contributed by atoms with Crippen molar-refractivity contribution in [1.82, 2.24) is 9.97 Å². The third-order valence-electron chi connectivity index (χ3n) is 3.59. The van der Waals surface area contributed by atoms with Gasteiger partial charge in [-0.25, -0.2) is 9.97 Å². The van der Waals surface area contributed by atoms with Gasteiger partial charge in [0.1, 0.15) is 6.33 Å². The first-order valence-electron chi connectivity index (χ1n) is 6.91. The zero-order chi connectivity index (χ0) is 15.5. The summed E-state index contributed by atoms with van der Waals surface area (Å²) in [4.78, 5) is 10.1. The van der Waals surface area contributed by atoms with E-state index in [0.717, 1.165) is 0 Å². The van der Waals surface area contributed by atoms with E-state index in [1.807, 2.05) is 11.8 Å². The molecule has 2 rings (SSSR count). The van der Waals surface area contributed by atoms with Crippen molar-refractivity contribution in [3.63, 3.8) is 0 Å². The monoisotopic (exact) mass is 304 g/mol. The molecule has 5 nitrogen and oxygen atoms in total. The number of halogens is 3. The van der Waals surface area contributed by atoms with Gasteiger partial charge in [0, 0.05) is 19.6 Å². The minimum atomic E-state index is -4.11. The van der Waals surface area contributed by atoms with E-state index in [4.69, 9.17) is 4.74 Å². The van der Waals surface area contributed by atoms with E-state index in [1.165, 1.54) is 13.4 Å². The summed E-state index contributed by atoms with van der Waals surface area (Å²) in [6.07, 6.45) is -2.57. The zero-order valence-corrected chi connectivity index (χ0v) is 12.1. The molecule has 0 aliphatic carbocycles. The molecule has 1 N–H and O–H groups in total. The van der Waals surface area contributed by atoms with Crippen LogP contribution in [-0.2, 0) is 0 Å². The number of rotatable bonds is 4. The predicted molar refractivity (Wildman–Crippen MR) is 73.7 cm³/mol. The molecule has 0 radical (unpaired) electrons. The number of ether oxygens (including phenoxy) is 1.